The number of hydrogen-bond acceptors (Lipinski definition) is 2. The number of urea groups is 1. The van der Waals surface area contributed by atoms with Crippen molar-refractivity contribution in [1.29, 1.82) is 0 Å². The van der Waals surface area contributed by atoms with E-state index < -0.39 is 11.4 Å². The van der Waals surface area contributed by atoms with Gasteiger partial charge in [0.25, 0.3) is 0 Å². The van der Waals surface area contributed by atoms with Crippen molar-refractivity contribution in [3.05, 3.63) is 0 Å². The van der Waals surface area contributed by atoms with Crippen LogP contribution >= 0.6 is 0 Å². The third kappa shape index (κ3) is 5.49. The van der Waals surface area contributed by atoms with Gasteiger partial charge in [0.15, 0.2) is 0 Å². The molecule has 2 amide bonds. The van der Waals surface area contributed by atoms with Gasteiger partial charge in [-0.3, -0.25) is 4.79 Å². The summed E-state index contributed by atoms with van der Waals surface area (Å²) in [5, 5.41) is 14.7. The van der Waals surface area contributed by atoms with Gasteiger partial charge in [-0.05, 0) is 18.8 Å². The minimum Gasteiger partial charge on any atom is -0.481 e. The molecule has 0 spiro atoms. The molecule has 0 fully saturated rings. The summed E-state index contributed by atoms with van der Waals surface area (Å²) < 4.78 is 0. The van der Waals surface area contributed by atoms with Crippen LogP contribution in [0, 0.1) is 11.3 Å². The van der Waals surface area contributed by atoms with Gasteiger partial charge in [0.1, 0.15) is 0 Å². The molecule has 0 bridgehead atoms. The molecule has 0 aromatic rings. The van der Waals surface area contributed by atoms with Gasteiger partial charge in [-0.15, -0.1) is 0 Å². The van der Waals surface area contributed by atoms with Crippen molar-refractivity contribution in [2.75, 3.05) is 13.1 Å². The number of nitrogens with one attached hydrogen (secondary N) is 2. The predicted molar refractivity (Wildman–Crippen MR) is 76.1 cm³/mol. The van der Waals surface area contributed by atoms with E-state index in [0.29, 0.717) is 25.3 Å². The Bertz CT molecular complexity index is 284. The summed E-state index contributed by atoms with van der Waals surface area (Å²) in [5.41, 5.74) is -0.855. The fourth-order valence-corrected chi connectivity index (χ4v) is 2.00. The lowest BCUT2D eigenvalue weighted by molar-refractivity contribution is -0.149. The highest BCUT2D eigenvalue weighted by molar-refractivity contribution is 5.78. The average molecular weight is 272 g/mol. The Morgan fingerprint density at radius 3 is 1.95 bits per heavy atom. The van der Waals surface area contributed by atoms with Crippen LogP contribution in [-0.2, 0) is 4.79 Å². The van der Waals surface area contributed by atoms with Crippen molar-refractivity contribution in [3.63, 3.8) is 0 Å². The first-order valence-electron chi connectivity index (χ1n) is 7.20. The third-order valence-corrected chi connectivity index (χ3v) is 4.10. The average Bonchev–Trinajstić information content (AvgIpc) is 2.41. The molecular formula is C14H28N2O3. The number of amides is 2. The fourth-order valence-electron chi connectivity index (χ4n) is 2.00. The molecule has 0 aromatic carbocycles. The minimum absolute atomic E-state index is 0.171. The second-order valence-electron chi connectivity index (χ2n) is 5.04. The summed E-state index contributed by atoms with van der Waals surface area (Å²) in [6, 6.07) is -0.278. The topological polar surface area (TPSA) is 78.4 Å². The van der Waals surface area contributed by atoms with Crippen LogP contribution in [0.1, 0.15) is 53.4 Å². The van der Waals surface area contributed by atoms with Crippen molar-refractivity contribution in [2.24, 2.45) is 11.3 Å². The van der Waals surface area contributed by atoms with Crippen molar-refractivity contribution in [1.82, 2.24) is 10.6 Å². The maximum Gasteiger partial charge on any atom is 0.314 e. The molecule has 0 aromatic heterocycles. The van der Waals surface area contributed by atoms with Gasteiger partial charge in [0.2, 0.25) is 0 Å². The summed E-state index contributed by atoms with van der Waals surface area (Å²) in [6.45, 7) is 8.67. The maximum absolute atomic E-state index is 11.7. The lowest BCUT2D eigenvalue weighted by atomic mass is 9.82. The Morgan fingerprint density at radius 1 is 1.05 bits per heavy atom. The molecule has 112 valence electrons. The largest absolute Gasteiger partial charge is 0.481 e. The normalized spacial score (nSPS) is 11.4. The van der Waals surface area contributed by atoms with Gasteiger partial charge in [0.05, 0.1) is 5.41 Å². The first-order chi connectivity index (χ1) is 8.95. The summed E-state index contributed by atoms with van der Waals surface area (Å²) in [6.07, 6.45) is 3.07. The molecule has 0 rings (SSSR count). The lowest BCUT2D eigenvalue weighted by Crippen LogP contribution is -2.46. The molecule has 0 atom stereocenters. The molecular weight excluding hydrogens is 244 g/mol. The highest BCUT2D eigenvalue weighted by Crippen LogP contribution is 2.25. The molecule has 5 nitrogen and oxygen atoms in total. The number of aliphatic carboxylic acids is 1. The summed E-state index contributed by atoms with van der Waals surface area (Å²) in [5.74, 6) is -0.370. The van der Waals surface area contributed by atoms with Crippen LogP contribution < -0.4 is 10.6 Å². The first-order valence-corrected chi connectivity index (χ1v) is 7.20. The zero-order chi connectivity index (χ0) is 14.9. The second kappa shape index (κ2) is 8.77. The molecule has 0 saturated heterocycles. The maximum atomic E-state index is 11.7. The Hall–Kier alpha value is -1.26. The zero-order valence-corrected chi connectivity index (χ0v) is 12.6. The van der Waals surface area contributed by atoms with Crippen LogP contribution in [0.4, 0.5) is 4.79 Å². The molecule has 0 aliphatic carbocycles. The van der Waals surface area contributed by atoms with Crippen LogP contribution in [-0.4, -0.2) is 30.2 Å². The van der Waals surface area contributed by atoms with E-state index in [0.717, 1.165) is 12.8 Å². The smallest absolute Gasteiger partial charge is 0.314 e. The lowest BCUT2D eigenvalue weighted by Gasteiger charge is -2.27. The number of hydrogen-bond donors (Lipinski definition) is 3. The van der Waals surface area contributed by atoms with Crippen LogP contribution in [0.3, 0.4) is 0 Å². The van der Waals surface area contributed by atoms with Crippen LogP contribution in [0.2, 0.25) is 0 Å². The fraction of sp³-hybridized carbons (Fsp3) is 0.857. The van der Waals surface area contributed by atoms with E-state index >= 15 is 0 Å². The zero-order valence-electron chi connectivity index (χ0n) is 12.6. The third-order valence-electron chi connectivity index (χ3n) is 4.10. The summed E-state index contributed by atoms with van der Waals surface area (Å²) in [7, 11) is 0. The van der Waals surface area contributed by atoms with Gasteiger partial charge in [-0.1, -0.05) is 40.5 Å². The number of carbonyl (C=O) groups excluding carboxylic acids is 1. The van der Waals surface area contributed by atoms with Crippen LogP contribution in [0.5, 0.6) is 0 Å². The van der Waals surface area contributed by atoms with E-state index in [1.54, 1.807) is 0 Å². The predicted octanol–water partition coefficient (Wildman–Crippen LogP) is 2.61. The molecule has 0 aliphatic heterocycles. The van der Waals surface area contributed by atoms with Gasteiger partial charge in [-0.2, -0.15) is 0 Å². The second-order valence-corrected chi connectivity index (χ2v) is 5.04. The Labute approximate surface area is 116 Å². The van der Waals surface area contributed by atoms with Gasteiger partial charge in [0, 0.05) is 13.1 Å². The molecule has 19 heavy (non-hydrogen) atoms. The molecule has 0 aliphatic rings. The summed E-state index contributed by atoms with van der Waals surface area (Å²) in [4.78, 5) is 22.9. The van der Waals surface area contributed by atoms with Crippen molar-refractivity contribution in [3.8, 4) is 0 Å². The van der Waals surface area contributed by atoms with Crippen LogP contribution in [0.25, 0.3) is 0 Å². The van der Waals surface area contributed by atoms with E-state index in [4.69, 9.17) is 0 Å². The van der Waals surface area contributed by atoms with Gasteiger partial charge < -0.3 is 15.7 Å². The van der Waals surface area contributed by atoms with E-state index in [2.05, 4.69) is 24.5 Å². The van der Waals surface area contributed by atoms with E-state index in [1.165, 1.54) is 0 Å². The molecule has 0 saturated carbocycles. The van der Waals surface area contributed by atoms with Crippen molar-refractivity contribution >= 4 is 12.0 Å². The summed E-state index contributed by atoms with van der Waals surface area (Å²) >= 11 is 0. The molecule has 0 radical (unpaired) electrons. The van der Waals surface area contributed by atoms with Gasteiger partial charge in [-0.25, -0.2) is 4.79 Å². The van der Waals surface area contributed by atoms with Crippen molar-refractivity contribution in [2.45, 2.75) is 53.4 Å². The first kappa shape index (κ1) is 17.7. The van der Waals surface area contributed by atoms with E-state index in [1.807, 2.05) is 13.8 Å². The van der Waals surface area contributed by atoms with Crippen molar-refractivity contribution < 1.29 is 14.7 Å². The van der Waals surface area contributed by atoms with Gasteiger partial charge >= 0.3 is 12.0 Å². The Kier molecular flexibility index (Phi) is 8.19. The van der Waals surface area contributed by atoms with Crippen LogP contribution in [0.15, 0.2) is 0 Å². The highest BCUT2D eigenvalue weighted by Gasteiger charge is 2.35. The minimum atomic E-state index is -0.855. The quantitative estimate of drug-likeness (QED) is 0.603. The van der Waals surface area contributed by atoms with E-state index in [9.17, 15) is 14.7 Å². The molecule has 3 N–H and O–H groups in total. The molecule has 5 heteroatoms. The monoisotopic (exact) mass is 272 g/mol. The number of carboxylic acids is 1. The Balaban J connectivity index is 4.23. The Morgan fingerprint density at radius 2 is 1.58 bits per heavy atom. The SMILES string of the molecule is CCC(CC)CNC(=O)NCC(CC)(CC)C(=O)O. The molecule has 0 heterocycles. The standard InChI is InChI=1S/C14H28N2O3/c1-5-11(6-2)9-15-13(19)16-10-14(7-3,8-4)12(17)18/h11H,5-10H2,1-4H3,(H,17,18)(H2,15,16,19). The highest BCUT2D eigenvalue weighted by atomic mass is 16.4. The van der Waals surface area contributed by atoms with E-state index in [-0.39, 0.29) is 12.6 Å². The number of carbonyl (C=O) groups is 2. The number of rotatable bonds is 9. The number of carboxylic acid groups (broad SMARTS) is 1. The molecule has 0 unspecified atom stereocenters.